The highest BCUT2D eigenvalue weighted by molar-refractivity contribution is 8.04. The summed E-state index contributed by atoms with van der Waals surface area (Å²) in [5, 5.41) is 2.70. The first-order valence-corrected chi connectivity index (χ1v) is 11.1. The minimum Gasteiger partial charge on any atom is -0.493 e. The van der Waals surface area contributed by atoms with E-state index in [4.69, 9.17) is 9.47 Å². The average molecular weight is 438 g/mol. The lowest BCUT2D eigenvalue weighted by molar-refractivity contribution is -0.119. The van der Waals surface area contributed by atoms with Crippen molar-refractivity contribution in [2.45, 2.75) is 19.4 Å². The van der Waals surface area contributed by atoms with Gasteiger partial charge in [-0.05, 0) is 41.8 Å². The van der Waals surface area contributed by atoms with E-state index < -0.39 is 6.09 Å². The third-order valence-corrected chi connectivity index (χ3v) is 6.78. The number of hydrogen-bond donors (Lipinski definition) is 1. The molecule has 1 fully saturated rings. The lowest BCUT2D eigenvalue weighted by Crippen LogP contribution is -2.33. The maximum atomic E-state index is 12.4. The summed E-state index contributed by atoms with van der Waals surface area (Å²) in [6.45, 7) is 3.55. The maximum absolute atomic E-state index is 12.4. The molecule has 1 N–H and O–H groups in total. The van der Waals surface area contributed by atoms with Crippen LogP contribution in [0.1, 0.15) is 18.9 Å². The highest BCUT2D eigenvalue weighted by Crippen LogP contribution is 2.47. The van der Waals surface area contributed by atoms with Crippen LogP contribution in [0.25, 0.3) is 5.57 Å². The topological polar surface area (TPSA) is 71.1 Å². The van der Waals surface area contributed by atoms with Crippen LogP contribution in [0.15, 0.2) is 53.4 Å². The molecule has 2 amide bonds. The summed E-state index contributed by atoms with van der Waals surface area (Å²) in [6.07, 6.45) is 0.0874. The van der Waals surface area contributed by atoms with Crippen molar-refractivity contribution in [1.29, 1.82) is 0 Å². The van der Waals surface area contributed by atoms with Crippen LogP contribution in [0.5, 0.6) is 5.75 Å². The van der Waals surface area contributed by atoms with Crippen LogP contribution in [-0.2, 0) is 9.53 Å². The SMILES string of the molecule is CC(=O)NCC1CN(c2ccc3c(c2)OCCC2=C3CN(c3ccccc3)S2)C(=O)O1. The number of benzene rings is 2. The highest BCUT2D eigenvalue weighted by atomic mass is 32.2. The molecule has 0 spiro atoms. The average Bonchev–Trinajstić information content (AvgIpc) is 3.32. The summed E-state index contributed by atoms with van der Waals surface area (Å²) in [6, 6.07) is 16.3. The Balaban J connectivity index is 1.36. The number of fused-ring (bicyclic) bond motifs is 2. The molecule has 7 nitrogen and oxygen atoms in total. The van der Waals surface area contributed by atoms with Gasteiger partial charge in [0.05, 0.1) is 31.9 Å². The van der Waals surface area contributed by atoms with E-state index in [0.29, 0.717) is 19.7 Å². The number of para-hydroxylation sites is 1. The Hall–Kier alpha value is -3.13. The van der Waals surface area contributed by atoms with E-state index in [1.807, 2.05) is 24.3 Å². The smallest absolute Gasteiger partial charge is 0.414 e. The molecule has 3 heterocycles. The van der Waals surface area contributed by atoms with E-state index in [9.17, 15) is 9.59 Å². The van der Waals surface area contributed by atoms with E-state index in [1.54, 1.807) is 16.8 Å². The third-order valence-electron chi connectivity index (χ3n) is 5.54. The second-order valence-electron chi connectivity index (χ2n) is 7.70. The second kappa shape index (κ2) is 8.19. The van der Waals surface area contributed by atoms with Crippen LogP contribution >= 0.6 is 11.9 Å². The lowest BCUT2D eigenvalue weighted by Gasteiger charge is -2.20. The van der Waals surface area contributed by atoms with Gasteiger partial charge in [0.2, 0.25) is 5.91 Å². The van der Waals surface area contributed by atoms with Crippen LogP contribution in [0.4, 0.5) is 16.2 Å². The van der Waals surface area contributed by atoms with Crippen molar-refractivity contribution in [1.82, 2.24) is 5.32 Å². The molecule has 3 aliphatic rings. The van der Waals surface area contributed by atoms with Crippen molar-refractivity contribution in [3.05, 3.63) is 59.0 Å². The fraction of sp³-hybridized carbons (Fsp3) is 0.304. The fourth-order valence-corrected chi connectivity index (χ4v) is 5.17. The van der Waals surface area contributed by atoms with Gasteiger partial charge in [-0.1, -0.05) is 18.2 Å². The van der Waals surface area contributed by atoms with E-state index in [-0.39, 0.29) is 12.0 Å². The number of cyclic esters (lactones) is 1. The number of ether oxygens (including phenoxy) is 2. The van der Waals surface area contributed by atoms with Gasteiger partial charge in [0, 0.05) is 35.6 Å². The van der Waals surface area contributed by atoms with Crippen molar-refractivity contribution in [3.8, 4) is 5.75 Å². The Morgan fingerprint density at radius 3 is 2.84 bits per heavy atom. The van der Waals surface area contributed by atoms with Gasteiger partial charge in [-0.15, -0.1) is 0 Å². The highest BCUT2D eigenvalue weighted by Gasteiger charge is 2.34. The van der Waals surface area contributed by atoms with Crippen molar-refractivity contribution in [2.75, 3.05) is 35.4 Å². The summed E-state index contributed by atoms with van der Waals surface area (Å²) >= 11 is 1.78. The zero-order valence-corrected chi connectivity index (χ0v) is 18.0. The summed E-state index contributed by atoms with van der Waals surface area (Å²) < 4.78 is 13.8. The summed E-state index contributed by atoms with van der Waals surface area (Å²) in [5.41, 5.74) is 4.28. The van der Waals surface area contributed by atoms with Crippen LogP contribution < -0.4 is 19.3 Å². The molecule has 0 radical (unpaired) electrons. The molecule has 2 aromatic carbocycles. The second-order valence-corrected chi connectivity index (χ2v) is 8.81. The quantitative estimate of drug-likeness (QED) is 0.734. The van der Waals surface area contributed by atoms with E-state index in [2.05, 4.69) is 33.9 Å². The van der Waals surface area contributed by atoms with Crippen molar-refractivity contribution in [2.24, 2.45) is 0 Å². The number of anilines is 2. The molecule has 31 heavy (non-hydrogen) atoms. The van der Waals surface area contributed by atoms with E-state index in [1.165, 1.54) is 23.1 Å². The number of carbonyl (C=O) groups is 2. The first kappa shape index (κ1) is 19.8. The number of hydrogen-bond acceptors (Lipinski definition) is 6. The Morgan fingerprint density at radius 2 is 2.03 bits per heavy atom. The summed E-state index contributed by atoms with van der Waals surface area (Å²) in [5.74, 6) is 0.645. The van der Waals surface area contributed by atoms with Crippen LogP contribution in [0, 0.1) is 0 Å². The molecule has 0 bridgehead atoms. The Bertz CT molecular complexity index is 1060. The first-order valence-electron chi connectivity index (χ1n) is 10.3. The third kappa shape index (κ3) is 3.95. The summed E-state index contributed by atoms with van der Waals surface area (Å²) in [4.78, 5) is 26.4. The van der Waals surface area contributed by atoms with Gasteiger partial charge < -0.3 is 19.1 Å². The molecular weight excluding hydrogens is 414 g/mol. The molecule has 1 saturated heterocycles. The predicted octanol–water partition coefficient (Wildman–Crippen LogP) is 3.81. The number of carbonyl (C=O) groups excluding carboxylic acids is 2. The molecule has 0 saturated carbocycles. The number of amides is 2. The van der Waals surface area contributed by atoms with Gasteiger partial charge >= 0.3 is 6.09 Å². The first-order chi connectivity index (χ1) is 15.1. The van der Waals surface area contributed by atoms with Gasteiger partial charge in [0.15, 0.2) is 0 Å². The van der Waals surface area contributed by atoms with Crippen LogP contribution in [-0.4, -0.2) is 44.3 Å². The van der Waals surface area contributed by atoms with Crippen molar-refractivity contribution in [3.63, 3.8) is 0 Å². The summed E-state index contributed by atoms with van der Waals surface area (Å²) in [7, 11) is 0. The molecule has 2 aromatic rings. The number of nitrogens with zero attached hydrogens (tertiary/aromatic N) is 2. The fourth-order valence-electron chi connectivity index (χ4n) is 4.02. The molecule has 3 aliphatic heterocycles. The normalized spacial score (nSPS) is 20.0. The van der Waals surface area contributed by atoms with Gasteiger partial charge in [-0.2, -0.15) is 0 Å². The molecule has 0 aliphatic carbocycles. The Morgan fingerprint density at radius 1 is 1.19 bits per heavy atom. The van der Waals surface area contributed by atoms with Gasteiger partial charge in [0.25, 0.3) is 0 Å². The number of nitrogens with one attached hydrogen (secondary N) is 1. The number of rotatable bonds is 4. The largest absolute Gasteiger partial charge is 0.493 e. The van der Waals surface area contributed by atoms with Crippen molar-refractivity contribution >= 4 is 40.9 Å². The predicted molar refractivity (Wildman–Crippen MR) is 121 cm³/mol. The van der Waals surface area contributed by atoms with E-state index in [0.717, 1.165) is 30.0 Å². The van der Waals surface area contributed by atoms with Gasteiger partial charge in [-0.3, -0.25) is 9.69 Å². The maximum Gasteiger partial charge on any atom is 0.414 e. The molecular formula is C23H23N3O4S. The van der Waals surface area contributed by atoms with Crippen LogP contribution in [0.3, 0.4) is 0 Å². The molecule has 8 heteroatoms. The molecule has 0 aromatic heterocycles. The van der Waals surface area contributed by atoms with E-state index >= 15 is 0 Å². The van der Waals surface area contributed by atoms with Gasteiger partial charge in [-0.25, -0.2) is 4.79 Å². The minimum atomic E-state index is -0.407. The molecule has 5 rings (SSSR count). The van der Waals surface area contributed by atoms with Crippen molar-refractivity contribution < 1.29 is 19.1 Å². The standard InChI is InChI=1S/C23H23N3O4S/c1-15(27)24-12-18-13-25(23(28)30-18)17-7-8-19-20-14-26(16-5-3-2-4-6-16)31-22(20)9-10-29-21(19)11-17/h2-8,11,18H,9-10,12-14H2,1H3,(H,24,27). The molecule has 1 atom stereocenters. The zero-order valence-electron chi connectivity index (χ0n) is 17.2. The molecule has 1 unspecified atom stereocenters. The van der Waals surface area contributed by atoms with Crippen LogP contribution in [0.2, 0.25) is 0 Å². The lowest BCUT2D eigenvalue weighted by atomic mass is 10.0. The Labute approximate surface area is 185 Å². The zero-order chi connectivity index (χ0) is 21.4. The monoisotopic (exact) mass is 437 g/mol. The van der Waals surface area contributed by atoms with Gasteiger partial charge in [0.1, 0.15) is 11.9 Å². The Kier molecular flexibility index (Phi) is 5.23. The molecule has 160 valence electrons. The minimum absolute atomic E-state index is 0.143.